The molecule has 0 bridgehead atoms. The first-order valence-corrected chi connectivity index (χ1v) is 8.75. The van der Waals surface area contributed by atoms with Crippen LogP contribution in [0.4, 0.5) is 4.39 Å². The van der Waals surface area contributed by atoms with Crippen molar-refractivity contribution in [2.24, 2.45) is 7.05 Å². The number of halogens is 1. The van der Waals surface area contributed by atoms with Gasteiger partial charge in [-0.2, -0.15) is 0 Å². The molecule has 0 aliphatic rings. The third-order valence-corrected chi connectivity index (χ3v) is 5.40. The Labute approximate surface area is 148 Å². The molecular formula is C18H18FN3O2S. The number of thiophene rings is 1. The number of amides is 1. The molecular weight excluding hydrogens is 341 g/mol. The first-order valence-electron chi connectivity index (χ1n) is 7.93. The van der Waals surface area contributed by atoms with Gasteiger partial charge < -0.3 is 9.88 Å². The van der Waals surface area contributed by atoms with Gasteiger partial charge in [-0.05, 0) is 36.6 Å². The van der Waals surface area contributed by atoms with Crippen molar-refractivity contribution in [2.75, 3.05) is 0 Å². The summed E-state index contributed by atoms with van der Waals surface area (Å²) in [5, 5.41) is 3.45. The van der Waals surface area contributed by atoms with Gasteiger partial charge in [0.15, 0.2) is 0 Å². The Morgan fingerprint density at radius 2 is 2.04 bits per heavy atom. The van der Waals surface area contributed by atoms with E-state index in [1.807, 2.05) is 6.92 Å². The number of benzene rings is 1. The van der Waals surface area contributed by atoms with Crippen LogP contribution in [0.15, 0.2) is 35.4 Å². The van der Waals surface area contributed by atoms with E-state index in [1.54, 1.807) is 26.1 Å². The molecule has 0 radical (unpaired) electrons. The van der Waals surface area contributed by atoms with E-state index >= 15 is 0 Å². The summed E-state index contributed by atoms with van der Waals surface area (Å²) in [6, 6.07) is 5.86. The maximum atomic E-state index is 13.1. The van der Waals surface area contributed by atoms with Crippen molar-refractivity contribution in [3.05, 3.63) is 62.8 Å². The first-order chi connectivity index (χ1) is 11.9. The smallest absolute Gasteiger partial charge is 0.262 e. The second-order valence-electron chi connectivity index (χ2n) is 5.88. The fraction of sp³-hybridized carbons (Fsp3) is 0.278. The SMILES string of the molecule is CC[C@H](NC(=O)c1sc2ncn(C)c(=O)c2c1C)c1ccc(F)cc1. The average molecular weight is 359 g/mol. The Kier molecular flexibility index (Phi) is 4.67. The van der Waals surface area contributed by atoms with Crippen molar-refractivity contribution in [2.45, 2.75) is 26.3 Å². The van der Waals surface area contributed by atoms with Gasteiger partial charge in [0.05, 0.1) is 22.6 Å². The molecule has 1 aromatic carbocycles. The van der Waals surface area contributed by atoms with Crippen molar-refractivity contribution in [3.63, 3.8) is 0 Å². The molecule has 7 heteroatoms. The van der Waals surface area contributed by atoms with Gasteiger partial charge in [-0.15, -0.1) is 11.3 Å². The third kappa shape index (κ3) is 3.19. The lowest BCUT2D eigenvalue weighted by Gasteiger charge is -2.17. The Balaban J connectivity index is 1.94. The molecule has 2 aromatic heterocycles. The van der Waals surface area contributed by atoms with Crippen LogP contribution < -0.4 is 10.9 Å². The van der Waals surface area contributed by atoms with Crippen LogP contribution >= 0.6 is 11.3 Å². The number of nitrogens with one attached hydrogen (secondary N) is 1. The highest BCUT2D eigenvalue weighted by Gasteiger charge is 2.21. The lowest BCUT2D eigenvalue weighted by molar-refractivity contribution is 0.0939. The molecule has 0 fully saturated rings. The van der Waals surface area contributed by atoms with Crippen molar-refractivity contribution < 1.29 is 9.18 Å². The number of rotatable bonds is 4. The summed E-state index contributed by atoms with van der Waals surface area (Å²) in [6.07, 6.45) is 2.12. The second kappa shape index (κ2) is 6.76. The van der Waals surface area contributed by atoms with Gasteiger partial charge in [-0.3, -0.25) is 9.59 Å². The quantitative estimate of drug-likeness (QED) is 0.777. The van der Waals surface area contributed by atoms with Crippen LogP contribution in [-0.2, 0) is 7.05 Å². The molecule has 1 N–H and O–H groups in total. The van der Waals surface area contributed by atoms with Crippen LogP contribution in [0.25, 0.3) is 10.2 Å². The zero-order valence-electron chi connectivity index (χ0n) is 14.2. The number of hydrogen-bond donors (Lipinski definition) is 1. The number of fused-ring (bicyclic) bond motifs is 1. The molecule has 1 amide bonds. The lowest BCUT2D eigenvalue weighted by atomic mass is 10.0. The van der Waals surface area contributed by atoms with E-state index in [2.05, 4.69) is 10.3 Å². The number of nitrogens with zero attached hydrogens (tertiary/aromatic N) is 2. The van der Waals surface area contributed by atoms with Gasteiger partial charge in [0, 0.05) is 7.05 Å². The number of aromatic nitrogens is 2. The van der Waals surface area contributed by atoms with E-state index in [1.165, 1.54) is 34.4 Å². The van der Waals surface area contributed by atoms with Crippen LogP contribution in [-0.4, -0.2) is 15.5 Å². The van der Waals surface area contributed by atoms with E-state index in [0.717, 1.165) is 5.56 Å². The molecule has 0 aliphatic carbocycles. The lowest BCUT2D eigenvalue weighted by Crippen LogP contribution is -2.28. The van der Waals surface area contributed by atoms with Crippen molar-refractivity contribution in [1.82, 2.24) is 14.9 Å². The van der Waals surface area contributed by atoms with E-state index in [9.17, 15) is 14.0 Å². The molecule has 0 spiro atoms. The van der Waals surface area contributed by atoms with E-state index < -0.39 is 0 Å². The van der Waals surface area contributed by atoms with Gasteiger partial charge in [0.25, 0.3) is 11.5 Å². The third-order valence-electron chi connectivity index (χ3n) is 4.20. The van der Waals surface area contributed by atoms with Gasteiger partial charge >= 0.3 is 0 Å². The number of carbonyl (C=O) groups is 1. The van der Waals surface area contributed by atoms with Crippen LogP contribution in [0.2, 0.25) is 0 Å². The summed E-state index contributed by atoms with van der Waals surface area (Å²) >= 11 is 1.21. The Bertz CT molecular complexity index is 992. The standard InChI is InChI=1S/C18H18FN3O2S/c1-4-13(11-5-7-12(19)8-6-11)21-16(23)15-10(2)14-17(25-15)20-9-22(3)18(14)24/h5-9,13H,4H2,1-3H3,(H,21,23)/t13-/m0/s1. The Morgan fingerprint density at radius 1 is 1.36 bits per heavy atom. The maximum Gasteiger partial charge on any atom is 0.262 e. The van der Waals surface area contributed by atoms with Gasteiger partial charge in [-0.25, -0.2) is 9.37 Å². The Morgan fingerprint density at radius 3 is 2.68 bits per heavy atom. The molecule has 2 heterocycles. The zero-order chi connectivity index (χ0) is 18.1. The fourth-order valence-electron chi connectivity index (χ4n) is 2.77. The minimum Gasteiger partial charge on any atom is -0.345 e. The predicted molar refractivity (Wildman–Crippen MR) is 96.5 cm³/mol. The molecule has 3 rings (SSSR count). The molecule has 5 nitrogen and oxygen atoms in total. The topological polar surface area (TPSA) is 64.0 Å². The minimum atomic E-state index is -0.313. The van der Waals surface area contributed by atoms with E-state index in [4.69, 9.17) is 0 Å². The summed E-state index contributed by atoms with van der Waals surface area (Å²) < 4.78 is 14.5. The molecule has 0 saturated carbocycles. The fourth-order valence-corrected chi connectivity index (χ4v) is 3.81. The highest BCUT2D eigenvalue weighted by molar-refractivity contribution is 7.20. The summed E-state index contributed by atoms with van der Waals surface area (Å²) in [6.45, 7) is 3.71. The van der Waals surface area contributed by atoms with Gasteiger partial charge in [0.1, 0.15) is 10.6 Å². The number of carbonyl (C=O) groups excluding carboxylic acids is 1. The molecule has 3 aromatic rings. The highest BCUT2D eigenvalue weighted by atomic mass is 32.1. The summed E-state index contributed by atoms with van der Waals surface area (Å²) in [7, 11) is 1.63. The van der Waals surface area contributed by atoms with E-state index in [0.29, 0.717) is 27.1 Å². The molecule has 25 heavy (non-hydrogen) atoms. The molecule has 0 saturated heterocycles. The number of aryl methyl sites for hydroxylation is 2. The first kappa shape index (κ1) is 17.3. The van der Waals surface area contributed by atoms with Crippen LogP contribution in [0, 0.1) is 12.7 Å². The van der Waals surface area contributed by atoms with Crippen LogP contribution in [0.5, 0.6) is 0 Å². The van der Waals surface area contributed by atoms with Gasteiger partial charge in [-0.1, -0.05) is 19.1 Å². The van der Waals surface area contributed by atoms with Crippen LogP contribution in [0.3, 0.4) is 0 Å². The average Bonchev–Trinajstić information content (AvgIpc) is 2.94. The number of hydrogen-bond acceptors (Lipinski definition) is 4. The molecule has 0 aliphatic heterocycles. The summed E-state index contributed by atoms with van der Waals surface area (Å²) in [5.41, 5.74) is 1.31. The maximum absolute atomic E-state index is 13.1. The van der Waals surface area contributed by atoms with Crippen molar-refractivity contribution >= 4 is 27.5 Å². The summed E-state index contributed by atoms with van der Waals surface area (Å²) in [4.78, 5) is 30.3. The van der Waals surface area contributed by atoms with E-state index in [-0.39, 0.29) is 23.3 Å². The summed E-state index contributed by atoms with van der Waals surface area (Å²) in [5.74, 6) is -0.564. The Hall–Kier alpha value is -2.54. The molecule has 1 atom stereocenters. The molecule has 130 valence electrons. The largest absolute Gasteiger partial charge is 0.345 e. The highest BCUT2D eigenvalue weighted by Crippen LogP contribution is 2.27. The van der Waals surface area contributed by atoms with Crippen LogP contribution in [0.1, 0.15) is 40.2 Å². The van der Waals surface area contributed by atoms with Gasteiger partial charge in [0.2, 0.25) is 0 Å². The van der Waals surface area contributed by atoms with Crippen molar-refractivity contribution in [3.8, 4) is 0 Å². The normalized spacial score (nSPS) is 12.3. The second-order valence-corrected chi connectivity index (χ2v) is 6.88. The monoisotopic (exact) mass is 359 g/mol. The predicted octanol–water partition coefficient (Wildman–Crippen LogP) is 3.32. The molecule has 0 unspecified atom stereocenters. The van der Waals surface area contributed by atoms with Crippen molar-refractivity contribution in [1.29, 1.82) is 0 Å². The zero-order valence-corrected chi connectivity index (χ0v) is 15.0. The minimum absolute atomic E-state index is 0.164.